The van der Waals surface area contributed by atoms with E-state index >= 15 is 0 Å². The van der Waals surface area contributed by atoms with Crippen molar-refractivity contribution in [1.29, 1.82) is 0 Å². The molecule has 4 nitrogen and oxygen atoms in total. The number of hydrogen-bond acceptors (Lipinski definition) is 3. The average Bonchev–Trinajstić information content (AvgIpc) is 2.12. The maximum Gasteiger partial charge on any atom is 0.205 e. The van der Waals surface area contributed by atoms with Crippen LogP contribution in [0, 0.1) is 0 Å². The number of thioether (sulfide) groups is 1. The summed E-state index contributed by atoms with van der Waals surface area (Å²) in [4.78, 5) is 4.32. The Labute approximate surface area is 84.7 Å². The van der Waals surface area contributed by atoms with Gasteiger partial charge in [0.15, 0.2) is 0 Å². The highest BCUT2D eigenvalue weighted by Gasteiger charge is 2.14. The van der Waals surface area contributed by atoms with Crippen molar-refractivity contribution in [3.8, 4) is 0 Å². The molecule has 4 N–H and O–H groups in total. The first-order valence-corrected chi connectivity index (χ1v) is 5.58. The van der Waals surface area contributed by atoms with Crippen LogP contribution in [0.3, 0.4) is 0 Å². The molecule has 0 atom stereocenters. The standard InChI is InChI=1S/C8H20N4S/c1-5-10-7(12-9)11-6-8(2,3)13-4/h5-6,9H2,1-4H3,(H2,10,11,12). The minimum atomic E-state index is 0.164. The van der Waals surface area contributed by atoms with E-state index in [1.165, 1.54) is 0 Å². The van der Waals surface area contributed by atoms with Crippen LogP contribution in [-0.4, -0.2) is 30.1 Å². The normalized spacial score (nSPS) is 12.8. The van der Waals surface area contributed by atoms with E-state index < -0.39 is 0 Å². The Morgan fingerprint density at radius 1 is 1.54 bits per heavy atom. The van der Waals surface area contributed by atoms with E-state index in [9.17, 15) is 0 Å². The van der Waals surface area contributed by atoms with Crippen LogP contribution in [0.1, 0.15) is 20.8 Å². The fourth-order valence-electron chi connectivity index (χ4n) is 0.654. The zero-order chi connectivity index (χ0) is 10.3. The zero-order valence-corrected chi connectivity index (χ0v) is 9.66. The third-order valence-corrected chi connectivity index (χ3v) is 2.89. The molecule has 0 heterocycles. The summed E-state index contributed by atoms with van der Waals surface area (Å²) in [6, 6.07) is 0. The van der Waals surface area contributed by atoms with Gasteiger partial charge in [0.2, 0.25) is 5.96 Å². The van der Waals surface area contributed by atoms with Crippen molar-refractivity contribution >= 4 is 17.7 Å². The highest BCUT2D eigenvalue weighted by molar-refractivity contribution is 7.99. The smallest absolute Gasteiger partial charge is 0.205 e. The average molecular weight is 204 g/mol. The second-order valence-corrected chi connectivity index (χ2v) is 4.82. The highest BCUT2D eigenvalue weighted by Crippen LogP contribution is 2.20. The summed E-state index contributed by atoms with van der Waals surface area (Å²) in [5.74, 6) is 5.94. The van der Waals surface area contributed by atoms with Crippen molar-refractivity contribution in [3.63, 3.8) is 0 Å². The Morgan fingerprint density at radius 3 is 2.54 bits per heavy atom. The van der Waals surface area contributed by atoms with Crippen LogP contribution in [0.5, 0.6) is 0 Å². The van der Waals surface area contributed by atoms with Crippen LogP contribution < -0.4 is 16.6 Å². The molecule has 0 aromatic rings. The Morgan fingerprint density at radius 2 is 2.15 bits per heavy atom. The van der Waals surface area contributed by atoms with Gasteiger partial charge in [-0.2, -0.15) is 11.8 Å². The van der Waals surface area contributed by atoms with Crippen LogP contribution in [-0.2, 0) is 0 Å². The lowest BCUT2D eigenvalue weighted by molar-refractivity contribution is 0.714. The SMILES string of the molecule is CCNC(=NCC(C)(C)SC)NN. The van der Waals surface area contributed by atoms with Crippen molar-refractivity contribution in [2.75, 3.05) is 19.3 Å². The van der Waals surface area contributed by atoms with Gasteiger partial charge >= 0.3 is 0 Å². The Kier molecular flexibility index (Phi) is 5.90. The predicted molar refractivity (Wildman–Crippen MR) is 60.9 cm³/mol. The predicted octanol–water partition coefficient (Wildman–Crippen LogP) is 0.557. The van der Waals surface area contributed by atoms with Crippen LogP contribution in [0.4, 0.5) is 0 Å². The number of nitrogens with one attached hydrogen (secondary N) is 2. The second-order valence-electron chi connectivity index (χ2n) is 3.30. The van der Waals surface area contributed by atoms with Gasteiger partial charge in [0, 0.05) is 11.3 Å². The molecule has 0 spiro atoms. The van der Waals surface area contributed by atoms with Crippen LogP contribution in [0.25, 0.3) is 0 Å². The molecule has 0 unspecified atom stereocenters. The maximum atomic E-state index is 5.28. The van der Waals surface area contributed by atoms with Crippen molar-refractivity contribution in [2.24, 2.45) is 10.8 Å². The summed E-state index contributed by atoms with van der Waals surface area (Å²) >= 11 is 1.79. The summed E-state index contributed by atoms with van der Waals surface area (Å²) in [5.41, 5.74) is 2.53. The lowest BCUT2D eigenvalue weighted by atomic mass is 10.2. The van der Waals surface area contributed by atoms with Crippen molar-refractivity contribution < 1.29 is 0 Å². The largest absolute Gasteiger partial charge is 0.356 e. The molecule has 0 amide bonds. The van der Waals surface area contributed by atoms with Crippen molar-refractivity contribution in [1.82, 2.24) is 10.7 Å². The first-order chi connectivity index (χ1) is 6.05. The van der Waals surface area contributed by atoms with E-state index in [0.717, 1.165) is 13.1 Å². The summed E-state index contributed by atoms with van der Waals surface area (Å²) in [7, 11) is 0. The molecule has 0 radical (unpaired) electrons. The Bertz CT molecular complexity index is 168. The van der Waals surface area contributed by atoms with E-state index in [0.29, 0.717) is 5.96 Å². The number of nitrogens with two attached hydrogens (primary N) is 1. The minimum Gasteiger partial charge on any atom is -0.356 e. The third-order valence-electron chi connectivity index (χ3n) is 1.65. The Balaban J connectivity index is 4.05. The molecule has 0 fully saturated rings. The van der Waals surface area contributed by atoms with Gasteiger partial charge in [0.25, 0.3) is 0 Å². The molecule has 0 aromatic heterocycles. The first kappa shape index (κ1) is 12.6. The van der Waals surface area contributed by atoms with E-state index in [2.05, 4.69) is 35.8 Å². The van der Waals surface area contributed by atoms with Gasteiger partial charge in [0.05, 0.1) is 6.54 Å². The quantitative estimate of drug-likeness (QED) is 0.271. The van der Waals surface area contributed by atoms with Crippen molar-refractivity contribution in [2.45, 2.75) is 25.5 Å². The van der Waals surface area contributed by atoms with E-state index in [4.69, 9.17) is 5.84 Å². The fourth-order valence-corrected chi connectivity index (χ4v) is 0.848. The molecule has 0 aromatic carbocycles. The minimum absolute atomic E-state index is 0.164. The van der Waals surface area contributed by atoms with Gasteiger partial charge in [-0.05, 0) is 27.0 Å². The highest BCUT2D eigenvalue weighted by atomic mass is 32.2. The molecule has 0 rings (SSSR count). The number of nitrogens with zero attached hydrogens (tertiary/aromatic N) is 1. The van der Waals surface area contributed by atoms with Gasteiger partial charge in [0.1, 0.15) is 0 Å². The van der Waals surface area contributed by atoms with Gasteiger partial charge in [-0.25, -0.2) is 5.84 Å². The monoisotopic (exact) mass is 204 g/mol. The molecule has 0 bridgehead atoms. The molecule has 0 saturated heterocycles. The second kappa shape index (κ2) is 6.10. The Hall–Kier alpha value is -0.420. The van der Waals surface area contributed by atoms with Crippen LogP contribution >= 0.6 is 11.8 Å². The third kappa shape index (κ3) is 5.76. The van der Waals surface area contributed by atoms with E-state index in [-0.39, 0.29) is 4.75 Å². The number of aliphatic imine (C=N–C) groups is 1. The van der Waals surface area contributed by atoms with Crippen molar-refractivity contribution in [3.05, 3.63) is 0 Å². The summed E-state index contributed by atoms with van der Waals surface area (Å²) < 4.78 is 0.164. The van der Waals surface area contributed by atoms with Gasteiger partial charge in [-0.15, -0.1) is 0 Å². The molecule has 0 aliphatic carbocycles. The lowest BCUT2D eigenvalue weighted by Gasteiger charge is -2.19. The number of rotatable bonds is 4. The summed E-state index contributed by atoms with van der Waals surface area (Å²) in [6.45, 7) is 7.89. The first-order valence-electron chi connectivity index (χ1n) is 4.36. The molecular weight excluding hydrogens is 184 g/mol. The fraction of sp³-hybridized carbons (Fsp3) is 0.875. The van der Waals surface area contributed by atoms with Gasteiger partial charge < -0.3 is 5.32 Å². The molecule has 5 heteroatoms. The number of guanidine groups is 1. The topological polar surface area (TPSA) is 62.4 Å². The maximum absolute atomic E-state index is 5.28. The molecule has 0 aliphatic rings. The zero-order valence-electron chi connectivity index (χ0n) is 8.85. The van der Waals surface area contributed by atoms with Crippen LogP contribution in [0.2, 0.25) is 0 Å². The van der Waals surface area contributed by atoms with Gasteiger partial charge in [-0.1, -0.05) is 0 Å². The van der Waals surface area contributed by atoms with Crippen LogP contribution in [0.15, 0.2) is 4.99 Å². The lowest BCUT2D eigenvalue weighted by Crippen LogP contribution is -2.42. The molecule has 0 aliphatic heterocycles. The summed E-state index contributed by atoms with van der Waals surface area (Å²) in [5, 5.41) is 3.03. The molecule has 78 valence electrons. The molecule has 13 heavy (non-hydrogen) atoms. The number of hydrazine groups is 1. The van der Waals surface area contributed by atoms with Gasteiger partial charge in [-0.3, -0.25) is 10.4 Å². The van der Waals surface area contributed by atoms with E-state index in [1.807, 2.05) is 6.92 Å². The number of hydrogen-bond donors (Lipinski definition) is 3. The van der Waals surface area contributed by atoms with E-state index in [1.54, 1.807) is 11.8 Å². The summed E-state index contributed by atoms with van der Waals surface area (Å²) in [6.07, 6.45) is 2.08. The molecule has 0 saturated carbocycles. The molecular formula is C8H20N4S.